The van der Waals surface area contributed by atoms with Crippen LogP contribution >= 0.6 is 0 Å². The van der Waals surface area contributed by atoms with Gasteiger partial charge in [-0.2, -0.15) is 0 Å². The summed E-state index contributed by atoms with van der Waals surface area (Å²) in [6, 6.07) is 58.8. The van der Waals surface area contributed by atoms with Gasteiger partial charge in [0.1, 0.15) is 5.65 Å². The second kappa shape index (κ2) is 11.3. The third kappa shape index (κ3) is 4.52. The summed E-state index contributed by atoms with van der Waals surface area (Å²) in [6.07, 6.45) is 2.07. The number of imidazole rings is 1. The molecule has 234 valence electrons. The topological polar surface area (TPSA) is 30.2 Å². The third-order valence-corrected chi connectivity index (χ3v) is 10.2. The zero-order valence-electron chi connectivity index (χ0n) is 27.5. The molecule has 3 nitrogen and oxygen atoms in total. The molecule has 0 bridgehead atoms. The molecule has 50 heavy (non-hydrogen) atoms. The third-order valence-electron chi connectivity index (χ3n) is 10.2. The molecule has 0 aliphatic heterocycles. The van der Waals surface area contributed by atoms with Gasteiger partial charge < -0.3 is 4.40 Å². The molecule has 3 heteroatoms. The van der Waals surface area contributed by atoms with E-state index in [1.807, 2.05) is 12.1 Å². The fraction of sp³-hybridized carbons (Fsp3) is 0.0213. The van der Waals surface area contributed by atoms with E-state index in [2.05, 4.69) is 169 Å². The van der Waals surface area contributed by atoms with E-state index in [0.717, 1.165) is 50.7 Å². The second-order valence-electron chi connectivity index (χ2n) is 13.1. The highest BCUT2D eigenvalue weighted by atomic mass is 15.0. The monoisotopic (exact) mass is 637 g/mol. The number of aryl methyl sites for hydroxylation is 1. The van der Waals surface area contributed by atoms with E-state index < -0.39 is 0 Å². The highest BCUT2D eigenvalue weighted by Crippen LogP contribution is 2.40. The lowest BCUT2D eigenvalue weighted by Gasteiger charge is -2.16. The maximum atomic E-state index is 5.43. The Bertz CT molecular complexity index is 2800. The largest absolute Gasteiger partial charge is 0.304 e. The Kier molecular flexibility index (Phi) is 6.40. The molecule has 3 heterocycles. The Morgan fingerprint density at radius 3 is 1.58 bits per heavy atom. The zero-order chi connectivity index (χ0) is 33.2. The summed E-state index contributed by atoms with van der Waals surface area (Å²) in [5.74, 6) is 0. The number of rotatable bonds is 4. The fourth-order valence-electron chi connectivity index (χ4n) is 7.72. The Balaban J connectivity index is 1.22. The van der Waals surface area contributed by atoms with Crippen molar-refractivity contribution in [2.24, 2.45) is 0 Å². The molecule has 0 spiro atoms. The molecule has 0 radical (unpaired) electrons. The molecule has 0 aliphatic carbocycles. The molecule has 0 saturated carbocycles. The van der Waals surface area contributed by atoms with Crippen molar-refractivity contribution in [2.45, 2.75) is 6.92 Å². The molecule has 0 atom stereocenters. The molecule has 0 fully saturated rings. The number of nitrogens with zero attached hydrogens (tertiary/aromatic N) is 3. The first kappa shape index (κ1) is 28.4. The predicted molar refractivity (Wildman–Crippen MR) is 209 cm³/mol. The van der Waals surface area contributed by atoms with Crippen LogP contribution in [0.5, 0.6) is 0 Å². The minimum atomic E-state index is 0.935. The van der Waals surface area contributed by atoms with Crippen LogP contribution in [-0.4, -0.2) is 14.4 Å². The highest BCUT2D eigenvalue weighted by molar-refractivity contribution is 6.15. The molecular formula is C47H31N3. The van der Waals surface area contributed by atoms with Crippen LogP contribution in [0.25, 0.3) is 93.6 Å². The van der Waals surface area contributed by atoms with Crippen LogP contribution in [0.3, 0.4) is 0 Å². The predicted octanol–water partition coefficient (Wildman–Crippen LogP) is 12.3. The highest BCUT2D eigenvalue weighted by Gasteiger charge is 2.17. The minimum absolute atomic E-state index is 0.935. The van der Waals surface area contributed by atoms with Crippen molar-refractivity contribution in [3.8, 4) is 44.9 Å². The van der Waals surface area contributed by atoms with Gasteiger partial charge in [-0.05, 0) is 97.5 Å². The number of hydrogen-bond acceptors (Lipinski definition) is 2. The van der Waals surface area contributed by atoms with Crippen LogP contribution in [0, 0.1) is 6.92 Å². The first-order valence-corrected chi connectivity index (χ1v) is 17.1. The van der Waals surface area contributed by atoms with Crippen LogP contribution in [0.2, 0.25) is 0 Å². The van der Waals surface area contributed by atoms with Gasteiger partial charge in [0.2, 0.25) is 0 Å². The van der Waals surface area contributed by atoms with Crippen LogP contribution in [0.15, 0.2) is 170 Å². The van der Waals surface area contributed by atoms with Gasteiger partial charge in [0.05, 0.1) is 17.1 Å². The Morgan fingerprint density at radius 1 is 0.400 bits per heavy atom. The maximum absolute atomic E-state index is 5.43. The normalized spacial score (nSPS) is 11.7. The Labute approximate surface area is 289 Å². The first-order chi connectivity index (χ1) is 24.7. The molecule has 0 unspecified atom stereocenters. The van der Waals surface area contributed by atoms with Crippen LogP contribution < -0.4 is 0 Å². The van der Waals surface area contributed by atoms with Gasteiger partial charge in [0.15, 0.2) is 0 Å². The molecule has 0 saturated heterocycles. The van der Waals surface area contributed by atoms with Gasteiger partial charge in [0, 0.05) is 28.6 Å². The van der Waals surface area contributed by atoms with Crippen LogP contribution in [-0.2, 0) is 0 Å². The fourth-order valence-corrected chi connectivity index (χ4v) is 7.72. The summed E-state index contributed by atoms with van der Waals surface area (Å²) in [7, 11) is 0. The van der Waals surface area contributed by atoms with E-state index in [1.54, 1.807) is 0 Å². The van der Waals surface area contributed by atoms with Gasteiger partial charge in [-0.1, -0.05) is 127 Å². The van der Waals surface area contributed by atoms with Gasteiger partial charge in [-0.25, -0.2) is 9.97 Å². The van der Waals surface area contributed by atoms with Crippen LogP contribution in [0.4, 0.5) is 0 Å². The SMILES string of the molecule is Cc1c(-c2ccc(-c3cc(-c4cc5ccccc5c5ccccc45)cc(-c4cc5ccccc5c5ccccc45)n3)cc2)nc2ccccn12. The minimum Gasteiger partial charge on any atom is -0.304 e. The Hall–Kier alpha value is -6.58. The molecule has 10 aromatic rings. The number of fused-ring (bicyclic) bond motifs is 7. The summed E-state index contributed by atoms with van der Waals surface area (Å²) >= 11 is 0. The van der Waals surface area contributed by atoms with E-state index in [9.17, 15) is 0 Å². The van der Waals surface area contributed by atoms with E-state index in [4.69, 9.17) is 9.97 Å². The Morgan fingerprint density at radius 2 is 0.920 bits per heavy atom. The lowest BCUT2D eigenvalue weighted by atomic mass is 9.90. The van der Waals surface area contributed by atoms with E-state index in [0.29, 0.717) is 0 Å². The number of aromatic nitrogens is 3. The maximum Gasteiger partial charge on any atom is 0.137 e. The zero-order valence-corrected chi connectivity index (χ0v) is 27.5. The smallest absolute Gasteiger partial charge is 0.137 e. The average Bonchev–Trinajstić information content (AvgIpc) is 3.53. The van der Waals surface area contributed by atoms with Gasteiger partial charge in [-0.3, -0.25) is 0 Å². The van der Waals surface area contributed by atoms with Crippen molar-refractivity contribution in [1.82, 2.24) is 14.4 Å². The van der Waals surface area contributed by atoms with E-state index in [-0.39, 0.29) is 0 Å². The van der Waals surface area contributed by atoms with Crippen molar-refractivity contribution < 1.29 is 0 Å². The molecule has 0 aliphatic rings. The molecule has 0 N–H and O–H groups in total. The summed E-state index contributed by atoms with van der Waals surface area (Å²) in [4.78, 5) is 10.4. The van der Waals surface area contributed by atoms with Crippen molar-refractivity contribution >= 4 is 48.7 Å². The number of hydrogen-bond donors (Lipinski definition) is 0. The molecular weight excluding hydrogens is 607 g/mol. The quantitative estimate of drug-likeness (QED) is 0.180. The first-order valence-electron chi connectivity index (χ1n) is 17.1. The van der Waals surface area contributed by atoms with Crippen molar-refractivity contribution in [1.29, 1.82) is 0 Å². The molecule has 7 aromatic carbocycles. The molecule has 0 amide bonds. The summed E-state index contributed by atoms with van der Waals surface area (Å²) in [6.45, 7) is 2.13. The summed E-state index contributed by atoms with van der Waals surface area (Å²) in [5, 5.41) is 9.86. The van der Waals surface area contributed by atoms with Gasteiger partial charge in [0.25, 0.3) is 0 Å². The van der Waals surface area contributed by atoms with Gasteiger partial charge in [-0.15, -0.1) is 0 Å². The molecule has 10 rings (SSSR count). The summed E-state index contributed by atoms with van der Waals surface area (Å²) < 4.78 is 2.14. The van der Waals surface area contributed by atoms with Gasteiger partial charge >= 0.3 is 0 Å². The lowest BCUT2D eigenvalue weighted by Crippen LogP contribution is -1.94. The second-order valence-corrected chi connectivity index (χ2v) is 13.1. The van der Waals surface area contributed by atoms with Crippen molar-refractivity contribution in [3.63, 3.8) is 0 Å². The standard InChI is InChI=1S/C47H31N3/c1-30-47(49-46-20-10-11-25-50(30)46)32-23-21-31(22-24-32)44-28-35(42-26-33-12-2-4-14-36(33)38-16-6-8-18-40(38)42)29-45(48-44)43-27-34-13-3-5-15-37(34)39-17-7-9-19-41(39)43/h2-29H,1H3. The van der Waals surface area contributed by atoms with Crippen molar-refractivity contribution in [3.05, 3.63) is 176 Å². The number of benzene rings is 7. The average molecular weight is 638 g/mol. The van der Waals surface area contributed by atoms with Crippen molar-refractivity contribution in [2.75, 3.05) is 0 Å². The summed E-state index contributed by atoms with van der Waals surface area (Å²) in [5.41, 5.74) is 10.6. The van der Waals surface area contributed by atoms with E-state index in [1.165, 1.54) is 48.7 Å². The van der Waals surface area contributed by atoms with E-state index >= 15 is 0 Å². The number of pyridine rings is 2. The lowest BCUT2D eigenvalue weighted by molar-refractivity contribution is 1.11. The van der Waals surface area contributed by atoms with Crippen LogP contribution in [0.1, 0.15) is 5.69 Å². The molecule has 3 aromatic heterocycles.